The number of hydrogen-bond donors (Lipinski definition) is 2. The molecule has 0 unspecified atom stereocenters. The second-order valence-electron chi connectivity index (χ2n) is 8.42. The molecule has 5 nitrogen and oxygen atoms in total. The van der Waals surface area contributed by atoms with Gasteiger partial charge >= 0.3 is 0 Å². The van der Waals surface area contributed by atoms with Crippen molar-refractivity contribution < 1.29 is 14.3 Å². The van der Waals surface area contributed by atoms with Gasteiger partial charge in [-0.1, -0.05) is 48.5 Å². The minimum atomic E-state index is -0.694. The average molecular weight is 443 g/mol. The minimum absolute atomic E-state index is 0.218. The van der Waals surface area contributed by atoms with Crippen molar-refractivity contribution in [2.45, 2.75) is 45.1 Å². The summed E-state index contributed by atoms with van der Waals surface area (Å²) in [6, 6.07) is 23.1. The van der Waals surface area contributed by atoms with Crippen LogP contribution in [0.1, 0.15) is 46.8 Å². The first-order valence-corrected chi connectivity index (χ1v) is 11.6. The van der Waals surface area contributed by atoms with E-state index in [0.717, 1.165) is 24.8 Å². The SMILES string of the molecule is C[C@@H](Oc1ccc2c(c1)CCCC2)C(=O)Nc1ccccc1C(=O)NCCc1ccccc1. The number of amides is 2. The van der Waals surface area contributed by atoms with Gasteiger partial charge in [-0.3, -0.25) is 9.59 Å². The van der Waals surface area contributed by atoms with Crippen LogP contribution in [-0.4, -0.2) is 24.5 Å². The predicted octanol–water partition coefficient (Wildman–Crippen LogP) is 4.94. The number of benzene rings is 3. The Morgan fingerprint density at radius 3 is 2.45 bits per heavy atom. The third kappa shape index (κ3) is 6.01. The van der Waals surface area contributed by atoms with Gasteiger partial charge in [0.15, 0.2) is 6.10 Å². The van der Waals surface area contributed by atoms with Crippen molar-refractivity contribution in [3.63, 3.8) is 0 Å². The van der Waals surface area contributed by atoms with E-state index >= 15 is 0 Å². The minimum Gasteiger partial charge on any atom is -0.481 e. The van der Waals surface area contributed by atoms with Crippen LogP contribution in [0.4, 0.5) is 5.69 Å². The molecule has 0 saturated heterocycles. The lowest BCUT2D eigenvalue weighted by Crippen LogP contribution is -2.32. The quantitative estimate of drug-likeness (QED) is 0.519. The molecule has 5 heteroatoms. The first-order valence-electron chi connectivity index (χ1n) is 11.6. The highest BCUT2D eigenvalue weighted by Crippen LogP contribution is 2.26. The second kappa shape index (κ2) is 10.8. The fourth-order valence-corrected chi connectivity index (χ4v) is 4.13. The fraction of sp³-hybridized carbons (Fsp3) is 0.286. The van der Waals surface area contributed by atoms with Crippen LogP contribution in [0.2, 0.25) is 0 Å². The molecule has 33 heavy (non-hydrogen) atoms. The van der Waals surface area contributed by atoms with E-state index < -0.39 is 6.10 Å². The Morgan fingerprint density at radius 1 is 0.909 bits per heavy atom. The summed E-state index contributed by atoms with van der Waals surface area (Å²) in [5.41, 5.74) is 4.75. The maximum atomic E-state index is 12.8. The highest BCUT2D eigenvalue weighted by atomic mass is 16.5. The summed E-state index contributed by atoms with van der Waals surface area (Å²) in [6.45, 7) is 2.24. The molecule has 4 rings (SSSR count). The van der Waals surface area contributed by atoms with E-state index in [2.05, 4.69) is 16.7 Å². The third-order valence-electron chi connectivity index (χ3n) is 5.97. The summed E-state index contributed by atoms with van der Waals surface area (Å²) in [5.74, 6) is 0.188. The second-order valence-corrected chi connectivity index (χ2v) is 8.42. The highest BCUT2D eigenvalue weighted by molar-refractivity contribution is 6.04. The summed E-state index contributed by atoms with van der Waals surface area (Å²) in [5, 5.41) is 5.79. The zero-order chi connectivity index (χ0) is 23.0. The van der Waals surface area contributed by atoms with Gasteiger partial charge in [0.2, 0.25) is 0 Å². The van der Waals surface area contributed by atoms with E-state index in [1.54, 1.807) is 31.2 Å². The number of ether oxygens (including phenoxy) is 1. The van der Waals surface area contributed by atoms with Crippen molar-refractivity contribution in [2.75, 3.05) is 11.9 Å². The summed E-state index contributed by atoms with van der Waals surface area (Å²) in [7, 11) is 0. The van der Waals surface area contributed by atoms with Crippen molar-refractivity contribution in [1.29, 1.82) is 0 Å². The Morgan fingerprint density at radius 2 is 1.64 bits per heavy atom. The van der Waals surface area contributed by atoms with Crippen LogP contribution in [0.25, 0.3) is 0 Å². The Hall–Kier alpha value is -3.60. The Balaban J connectivity index is 1.35. The number of rotatable bonds is 8. The largest absolute Gasteiger partial charge is 0.481 e. The number of nitrogens with one attached hydrogen (secondary N) is 2. The number of fused-ring (bicyclic) bond motifs is 1. The molecule has 1 atom stereocenters. The van der Waals surface area contributed by atoms with Gasteiger partial charge in [0.25, 0.3) is 11.8 Å². The first kappa shape index (κ1) is 22.6. The standard InChI is InChI=1S/C28H30N2O3/c1-20(33-24-16-15-22-11-5-6-12-23(22)19-24)27(31)30-26-14-8-7-13-25(26)28(32)29-18-17-21-9-3-2-4-10-21/h2-4,7-10,13-16,19-20H,5-6,11-12,17-18H2,1H3,(H,29,32)(H,30,31)/t20-/m1/s1. The third-order valence-corrected chi connectivity index (χ3v) is 5.97. The Kier molecular flexibility index (Phi) is 7.40. The van der Waals surface area contributed by atoms with Crippen molar-refractivity contribution in [2.24, 2.45) is 0 Å². The molecule has 2 N–H and O–H groups in total. The van der Waals surface area contributed by atoms with Gasteiger partial charge in [-0.2, -0.15) is 0 Å². The summed E-state index contributed by atoms with van der Waals surface area (Å²) in [6.07, 6.45) is 4.63. The molecule has 0 radical (unpaired) electrons. The molecule has 3 aromatic carbocycles. The number of hydrogen-bond acceptors (Lipinski definition) is 3. The normalized spacial score (nSPS) is 13.5. The summed E-state index contributed by atoms with van der Waals surface area (Å²) < 4.78 is 5.92. The van der Waals surface area contributed by atoms with Crippen molar-refractivity contribution >= 4 is 17.5 Å². The molecule has 1 aliphatic carbocycles. The van der Waals surface area contributed by atoms with E-state index in [1.165, 1.54) is 24.0 Å². The van der Waals surface area contributed by atoms with Crippen LogP contribution in [0.3, 0.4) is 0 Å². The van der Waals surface area contributed by atoms with E-state index in [9.17, 15) is 9.59 Å². The maximum absolute atomic E-state index is 12.8. The van der Waals surface area contributed by atoms with Crippen LogP contribution in [-0.2, 0) is 24.1 Å². The molecule has 1 aliphatic rings. The van der Waals surface area contributed by atoms with Crippen LogP contribution in [0, 0.1) is 0 Å². The van der Waals surface area contributed by atoms with Crippen LogP contribution < -0.4 is 15.4 Å². The average Bonchev–Trinajstić information content (AvgIpc) is 2.85. The molecule has 0 aromatic heterocycles. The van der Waals surface area contributed by atoms with Crippen molar-refractivity contribution in [3.8, 4) is 5.75 Å². The number of aryl methyl sites for hydroxylation is 2. The topological polar surface area (TPSA) is 67.4 Å². The highest BCUT2D eigenvalue weighted by Gasteiger charge is 2.19. The van der Waals surface area contributed by atoms with E-state index in [0.29, 0.717) is 23.5 Å². The summed E-state index contributed by atoms with van der Waals surface area (Å²) >= 11 is 0. The van der Waals surface area contributed by atoms with Crippen molar-refractivity contribution in [1.82, 2.24) is 5.32 Å². The predicted molar refractivity (Wildman–Crippen MR) is 131 cm³/mol. The van der Waals surface area contributed by atoms with Gasteiger partial charge in [-0.25, -0.2) is 0 Å². The summed E-state index contributed by atoms with van der Waals surface area (Å²) in [4.78, 5) is 25.6. The molecular formula is C28H30N2O3. The molecule has 3 aromatic rings. The number of para-hydroxylation sites is 1. The Bertz CT molecular complexity index is 1110. The maximum Gasteiger partial charge on any atom is 0.265 e. The molecular weight excluding hydrogens is 412 g/mol. The van der Waals surface area contributed by atoms with E-state index in [1.807, 2.05) is 42.5 Å². The lowest BCUT2D eigenvalue weighted by molar-refractivity contribution is -0.122. The monoisotopic (exact) mass is 442 g/mol. The number of anilines is 1. The zero-order valence-electron chi connectivity index (χ0n) is 19.0. The smallest absolute Gasteiger partial charge is 0.265 e. The fourth-order valence-electron chi connectivity index (χ4n) is 4.13. The number of carbonyl (C=O) groups is 2. The first-order chi connectivity index (χ1) is 16.1. The lowest BCUT2D eigenvalue weighted by atomic mass is 9.92. The van der Waals surface area contributed by atoms with Crippen LogP contribution >= 0.6 is 0 Å². The molecule has 0 bridgehead atoms. The van der Waals surface area contributed by atoms with Crippen LogP contribution in [0.5, 0.6) is 5.75 Å². The Labute approximate surface area is 195 Å². The van der Waals surface area contributed by atoms with Gasteiger partial charge < -0.3 is 15.4 Å². The molecule has 0 aliphatic heterocycles. The van der Waals surface area contributed by atoms with Gasteiger partial charge in [-0.15, -0.1) is 0 Å². The molecule has 0 heterocycles. The lowest BCUT2D eigenvalue weighted by Gasteiger charge is -2.19. The molecule has 0 spiro atoms. The van der Waals surface area contributed by atoms with E-state index in [4.69, 9.17) is 4.74 Å². The number of carbonyl (C=O) groups excluding carboxylic acids is 2. The van der Waals surface area contributed by atoms with Gasteiger partial charge in [0.05, 0.1) is 11.3 Å². The molecule has 170 valence electrons. The van der Waals surface area contributed by atoms with Crippen molar-refractivity contribution in [3.05, 3.63) is 95.1 Å². The van der Waals surface area contributed by atoms with E-state index in [-0.39, 0.29) is 11.8 Å². The van der Waals surface area contributed by atoms with Gasteiger partial charge in [0, 0.05) is 6.54 Å². The van der Waals surface area contributed by atoms with Crippen LogP contribution in [0.15, 0.2) is 72.8 Å². The van der Waals surface area contributed by atoms with Gasteiger partial charge in [-0.05, 0) is 80.0 Å². The molecule has 2 amide bonds. The zero-order valence-corrected chi connectivity index (χ0v) is 19.0. The molecule has 0 saturated carbocycles. The van der Waals surface area contributed by atoms with Gasteiger partial charge in [0.1, 0.15) is 5.75 Å². The molecule has 0 fully saturated rings.